The summed E-state index contributed by atoms with van der Waals surface area (Å²) in [5.41, 5.74) is 4.00. The molecule has 0 spiro atoms. The number of rotatable bonds is 16. The van der Waals surface area contributed by atoms with Gasteiger partial charge in [0.25, 0.3) is 11.9 Å². The number of aromatic nitrogens is 4. The van der Waals surface area contributed by atoms with E-state index >= 15 is 0 Å². The molecule has 0 radical (unpaired) electrons. The molecule has 0 bridgehead atoms. The van der Waals surface area contributed by atoms with E-state index in [1.807, 2.05) is 60.7 Å². The number of fused-ring (bicyclic) bond motifs is 2. The van der Waals surface area contributed by atoms with Gasteiger partial charge in [-0.1, -0.05) is 157 Å². The number of hydrogen-bond donors (Lipinski definition) is 2. The van der Waals surface area contributed by atoms with Gasteiger partial charge in [-0.2, -0.15) is 36.8 Å². The maximum atomic E-state index is 13.1. The Labute approximate surface area is 512 Å². The van der Waals surface area contributed by atoms with Crippen molar-refractivity contribution in [3.8, 4) is 45.5 Å². The fourth-order valence-electron chi connectivity index (χ4n) is 7.60. The zero-order valence-corrected chi connectivity index (χ0v) is 50.1. The monoisotopic (exact) mass is 1210 g/mol. The van der Waals surface area contributed by atoms with Crippen molar-refractivity contribution in [1.29, 1.82) is 0 Å². The van der Waals surface area contributed by atoms with Gasteiger partial charge in [0, 0.05) is 34.4 Å². The van der Waals surface area contributed by atoms with Crippen LogP contribution >= 0.6 is 23.2 Å². The third kappa shape index (κ3) is 15.2. The van der Waals surface area contributed by atoms with E-state index < -0.39 is 60.1 Å². The number of benzene rings is 8. The molecule has 28 heteroatoms. The summed E-state index contributed by atoms with van der Waals surface area (Å²) < 4.78 is 145. The van der Waals surface area contributed by atoms with E-state index in [1.165, 1.54) is 97.1 Å². The fourth-order valence-corrected chi connectivity index (χ4v) is 11.3. The second-order valence-corrected chi connectivity index (χ2v) is 22.6. The molecule has 2 aromatic heterocycles. The van der Waals surface area contributed by atoms with Crippen LogP contribution < -0.4 is 79.5 Å². The maximum Gasteiger partial charge on any atom is 1.00 e. The molecule has 0 aliphatic heterocycles. The van der Waals surface area contributed by atoms with Crippen molar-refractivity contribution in [3.63, 3.8) is 0 Å². The zero-order chi connectivity index (χ0) is 55.2. The first-order valence-corrected chi connectivity index (χ1v) is 28.7. The van der Waals surface area contributed by atoms with Crippen LogP contribution in [-0.4, -0.2) is 62.7 Å². The van der Waals surface area contributed by atoms with Crippen molar-refractivity contribution in [2.45, 2.75) is 19.6 Å². The summed E-state index contributed by atoms with van der Waals surface area (Å²) >= 11 is 12.2. The van der Waals surface area contributed by atoms with Gasteiger partial charge in [0.05, 0.1) is 9.79 Å². The van der Waals surface area contributed by atoms with Crippen LogP contribution in [0.5, 0.6) is 23.3 Å². The van der Waals surface area contributed by atoms with Gasteiger partial charge >= 0.3 is 79.4 Å². The number of hydrogen-bond acceptors (Lipinski definition) is 20. The zero-order valence-electron chi connectivity index (χ0n) is 41.4. The third-order valence-electron chi connectivity index (χ3n) is 10.9. The predicted molar refractivity (Wildman–Crippen MR) is 286 cm³/mol. The molecule has 396 valence electrons. The average molecular weight is 1210 g/mol. The molecule has 0 saturated heterocycles. The summed E-state index contributed by atoms with van der Waals surface area (Å²) in [5, 5.41) is 3.80. The second-order valence-electron chi connectivity index (χ2n) is 16.1. The van der Waals surface area contributed by atoms with Crippen LogP contribution in [0.15, 0.2) is 214 Å². The summed E-state index contributed by atoms with van der Waals surface area (Å²) in [6, 6.07) is 50.3. The summed E-state index contributed by atoms with van der Waals surface area (Å²) in [6.45, 7) is 0. The first-order valence-electron chi connectivity index (χ1n) is 22.3. The van der Waals surface area contributed by atoms with Crippen molar-refractivity contribution in [3.05, 3.63) is 204 Å². The van der Waals surface area contributed by atoms with Gasteiger partial charge in [0.1, 0.15) is 51.8 Å². The van der Waals surface area contributed by atoms with Crippen LogP contribution in [0.2, 0.25) is 10.3 Å². The van der Waals surface area contributed by atoms with Crippen molar-refractivity contribution in [1.82, 2.24) is 19.9 Å². The van der Waals surface area contributed by atoms with Crippen LogP contribution in [0.4, 0.5) is 11.9 Å². The van der Waals surface area contributed by atoms with Crippen LogP contribution in [0.1, 0.15) is 0 Å². The second kappa shape index (κ2) is 26.2. The normalized spacial score (nSPS) is 11.6. The van der Waals surface area contributed by atoms with Gasteiger partial charge in [-0.3, -0.25) is 0 Å². The summed E-state index contributed by atoms with van der Waals surface area (Å²) in [7, 11) is -19.0. The number of halogens is 2. The largest absolute Gasteiger partial charge is 1.00 e. The Hall–Kier alpha value is -6.14. The first-order chi connectivity index (χ1) is 37.2. The molecule has 0 aliphatic rings. The van der Waals surface area contributed by atoms with Gasteiger partial charge < -0.3 is 18.6 Å². The molecule has 10 rings (SSSR count). The van der Waals surface area contributed by atoms with Gasteiger partial charge in [-0.15, -0.1) is 8.57 Å². The molecule has 20 nitrogen and oxygen atoms in total. The molecule has 10 aromatic rings. The Morgan fingerprint density at radius 2 is 0.662 bits per heavy atom. The van der Waals surface area contributed by atoms with Gasteiger partial charge in [0.15, 0.2) is 0 Å². The Morgan fingerprint density at radius 3 is 1.01 bits per heavy atom. The minimum atomic E-state index is -4.90. The minimum Gasteiger partial charge on any atom is -0.744 e. The molecule has 0 unspecified atom stereocenters. The van der Waals surface area contributed by atoms with Gasteiger partial charge in [0.2, 0.25) is 11.8 Å². The van der Waals surface area contributed by atoms with Gasteiger partial charge in [-0.25, -0.2) is 27.8 Å². The Bertz CT molecular complexity index is 4130. The van der Waals surface area contributed by atoms with E-state index in [-0.39, 0.29) is 115 Å². The van der Waals surface area contributed by atoms with Crippen LogP contribution in [0.3, 0.4) is 0 Å². The predicted octanol–water partition coefficient (Wildman–Crippen LogP) is 4.77. The Kier molecular flexibility index (Phi) is 20.1. The molecular weight excluding hydrogens is 1180 g/mol. The molecular formula is C52H34Cl2N6Na2O14S4. The Balaban J connectivity index is 0.000000225. The first kappa shape index (κ1) is 61.5. The topological polar surface area (TPSA) is 295 Å². The Morgan fingerprint density at radius 1 is 0.362 bits per heavy atom. The standard InChI is InChI=1S/2C26H18ClN3O7S2.2Na/c2*27-24-16-25(36-19-14-13-17-7-1-2-8-18(17)15-19)29-26(28-24)30-37-39(34,35)23-12-6-4-10-21(23)20-9-3-5-11-22(20)38(31,32)33;;/h2*1-16H,(H,28,29,30)(H,31,32,33);;/q;;2*+1/p-2. The summed E-state index contributed by atoms with van der Waals surface area (Å²) in [6.07, 6.45) is 0. The molecule has 0 amide bonds. The van der Waals surface area contributed by atoms with E-state index in [1.54, 1.807) is 24.3 Å². The molecule has 8 aromatic carbocycles. The van der Waals surface area contributed by atoms with Crippen molar-refractivity contribution < 1.29 is 120 Å². The molecule has 2 N–H and O–H groups in total. The van der Waals surface area contributed by atoms with Crippen molar-refractivity contribution >= 4 is 97.1 Å². The van der Waals surface area contributed by atoms with Crippen molar-refractivity contribution in [2.24, 2.45) is 0 Å². The summed E-state index contributed by atoms with van der Waals surface area (Å²) in [4.78, 5) is 14.0. The van der Waals surface area contributed by atoms with E-state index in [4.69, 9.17) is 41.2 Å². The average Bonchev–Trinajstić information content (AvgIpc) is 3.53. The quantitative estimate of drug-likeness (QED) is 0.0570. The van der Waals surface area contributed by atoms with E-state index in [2.05, 4.69) is 30.9 Å². The number of anilines is 2. The maximum absolute atomic E-state index is 13.1. The molecule has 0 aliphatic carbocycles. The molecule has 0 atom stereocenters. The van der Waals surface area contributed by atoms with E-state index in [0.717, 1.165) is 33.7 Å². The number of nitrogens with one attached hydrogen (secondary N) is 2. The number of nitrogens with zero attached hydrogens (tertiary/aromatic N) is 4. The molecule has 0 fully saturated rings. The van der Waals surface area contributed by atoms with Crippen LogP contribution in [0, 0.1) is 0 Å². The molecule has 2 heterocycles. The fraction of sp³-hybridized carbons (Fsp3) is 0. The minimum absolute atomic E-state index is 0. The molecule has 0 saturated carbocycles. The van der Waals surface area contributed by atoms with E-state index in [9.17, 15) is 42.8 Å². The van der Waals surface area contributed by atoms with Crippen LogP contribution in [-0.2, 0) is 49.0 Å². The SMILES string of the molecule is O=S(=O)([O-])c1ccccc1-c1ccccc1S(=O)(=O)ONc1nc(Cl)cc(Oc2ccc3ccccc3c2)n1.O=S(=O)([O-])c1ccccc1-c1ccccc1S(=O)(=O)ONc1nc(Cl)cc(Oc2ccc3ccccc3c2)n1.[Na+].[Na+]. The van der Waals surface area contributed by atoms with Crippen LogP contribution in [0.25, 0.3) is 43.8 Å². The van der Waals surface area contributed by atoms with Gasteiger partial charge in [-0.05, 0) is 70.1 Å². The number of ether oxygens (including phenoxy) is 2. The van der Waals surface area contributed by atoms with Crippen molar-refractivity contribution in [2.75, 3.05) is 11.0 Å². The summed E-state index contributed by atoms with van der Waals surface area (Å²) in [5.74, 6) is 0.323. The smallest absolute Gasteiger partial charge is 0.744 e. The third-order valence-corrected chi connectivity index (χ3v) is 15.5. The molecule has 80 heavy (non-hydrogen) atoms. The van der Waals surface area contributed by atoms with E-state index in [0.29, 0.717) is 11.5 Å².